The minimum Gasteiger partial charge on any atom is -0.463 e. The van der Waals surface area contributed by atoms with E-state index in [2.05, 4.69) is 38.2 Å². The molecule has 0 aliphatic carbocycles. The molecule has 0 aromatic rings. The van der Waals surface area contributed by atoms with E-state index in [0.29, 0.717) is 12.8 Å². The summed E-state index contributed by atoms with van der Waals surface area (Å²) in [5.41, 5.74) is 0. The third-order valence-corrected chi connectivity index (χ3v) is 7.87. The maximum Gasteiger partial charge on any atom is 0.342 e. The number of allylic oxidation sites excluding steroid dienone is 4. The fraction of sp³-hybridized carbons (Fsp3) is 0.842. The molecule has 0 aromatic carbocycles. The molecule has 0 atom stereocenters. The van der Waals surface area contributed by atoms with E-state index in [0.717, 1.165) is 44.9 Å². The largest absolute Gasteiger partial charge is 0.463 e. The molecule has 0 fully saturated rings. The van der Waals surface area contributed by atoms with E-state index in [-0.39, 0.29) is 25.2 Å². The van der Waals surface area contributed by atoms with Gasteiger partial charge in [0.1, 0.15) is 13.2 Å². The molecule has 0 amide bonds. The molecule has 0 aromatic heterocycles. The second kappa shape index (κ2) is 36.6. The highest BCUT2D eigenvalue weighted by Gasteiger charge is 2.06. The van der Waals surface area contributed by atoms with Crippen molar-refractivity contribution in [3.8, 4) is 0 Å². The zero-order chi connectivity index (χ0) is 31.3. The lowest BCUT2D eigenvalue weighted by Gasteiger charge is -2.06. The van der Waals surface area contributed by atoms with Crippen molar-refractivity contribution in [1.82, 2.24) is 0 Å². The molecule has 0 saturated heterocycles. The standard InChI is InChI=1S/C38H70O5/c1-3-5-7-9-11-13-15-17-19-21-23-25-27-29-31-33-37(39)41-35-36-42-43-38(40)34-32-30-28-26-24-22-20-18-16-14-12-10-8-6-4-2/h17-20H,3-16,21-36H2,1-2H3/b19-17-,20-18-. The van der Waals surface area contributed by atoms with Crippen LogP contribution in [0.5, 0.6) is 0 Å². The Balaban J connectivity index is 3.33. The first kappa shape index (κ1) is 41.4. The lowest BCUT2D eigenvalue weighted by molar-refractivity contribution is -0.275. The van der Waals surface area contributed by atoms with Crippen LogP contribution in [0.15, 0.2) is 24.3 Å². The Morgan fingerprint density at radius 1 is 0.419 bits per heavy atom. The highest BCUT2D eigenvalue weighted by Crippen LogP contribution is 2.12. The highest BCUT2D eigenvalue weighted by atomic mass is 17.2. The molecule has 5 heteroatoms. The van der Waals surface area contributed by atoms with Crippen molar-refractivity contribution in [3.63, 3.8) is 0 Å². The Labute approximate surface area is 266 Å². The molecule has 0 unspecified atom stereocenters. The van der Waals surface area contributed by atoms with Crippen molar-refractivity contribution < 1.29 is 24.1 Å². The zero-order valence-corrected chi connectivity index (χ0v) is 28.6. The molecular formula is C38H70O5. The molecule has 5 nitrogen and oxygen atoms in total. The summed E-state index contributed by atoms with van der Waals surface area (Å²) in [6.07, 6.45) is 42.2. The molecule has 252 valence electrons. The van der Waals surface area contributed by atoms with Crippen molar-refractivity contribution in [2.24, 2.45) is 0 Å². The van der Waals surface area contributed by atoms with Gasteiger partial charge in [-0.25, -0.2) is 4.79 Å². The average molecular weight is 607 g/mol. The minimum atomic E-state index is -0.350. The number of esters is 1. The molecule has 0 saturated carbocycles. The van der Waals surface area contributed by atoms with Crippen LogP contribution in [0.25, 0.3) is 0 Å². The van der Waals surface area contributed by atoms with Crippen LogP contribution in [0.3, 0.4) is 0 Å². The van der Waals surface area contributed by atoms with Crippen LogP contribution in [0.1, 0.15) is 194 Å². The van der Waals surface area contributed by atoms with E-state index in [4.69, 9.17) is 14.5 Å². The van der Waals surface area contributed by atoms with E-state index in [1.807, 2.05) is 0 Å². The summed E-state index contributed by atoms with van der Waals surface area (Å²) in [5, 5.41) is 0. The zero-order valence-electron chi connectivity index (χ0n) is 28.6. The topological polar surface area (TPSA) is 61.8 Å². The summed E-state index contributed by atoms with van der Waals surface area (Å²) in [4.78, 5) is 33.3. The molecule has 0 bridgehead atoms. The highest BCUT2D eigenvalue weighted by molar-refractivity contribution is 5.69. The number of carbonyl (C=O) groups excluding carboxylic acids is 2. The average Bonchev–Trinajstić information content (AvgIpc) is 3.00. The van der Waals surface area contributed by atoms with Gasteiger partial charge in [0.15, 0.2) is 0 Å². The van der Waals surface area contributed by atoms with Gasteiger partial charge in [0.25, 0.3) is 0 Å². The van der Waals surface area contributed by atoms with Crippen molar-refractivity contribution in [2.45, 2.75) is 194 Å². The van der Waals surface area contributed by atoms with Crippen LogP contribution in [-0.2, 0) is 24.1 Å². The summed E-state index contributed by atoms with van der Waals surface area (Å²) < 4.78 is 5.16. The predicted octanol–water partition coefficient (Wildman–Crippen LogP) is 12.1. The number of hydrogen-bond acceptors (Lipinski definition) is 5. The van der Waals surface area contributed by atoms with Crippen LogP contribution in [0.2, 0.25) is 0 Å². The van der Waals surface area contributed by atoms with Crippen LogP contribution < -0.4 is 0 Å². The van der Waals surface area contributed by atoms with Crippen molar-refractivity contribution >= 4 is 11.9 Å². The maximum atomic E-state index is 11.8. The van der Waals surface area contributed by atoms with Gasteiger partial charge in [-0.3, -0.25) is 9.68 Å². The van der Waals surface area contributed by atoms with Crippen molar-refractivity contribution in [3.05, 3.63) is 24.3 Å². The lowest BCUT2D eigenvalue weighted by Crippen LogP contribution is -2.13. The summed E-state index contributed by atoms with van der Waals surface area (Å²) in [6.45, 7) is 4.72. The minimum absolute atomic E-state index is 0.0796. The van der Waals surface area contributed by atoms with Gasteiger partial charge in [-0.05, 0) is 64.2 Å². The Kier molecular flexibility index (Phi) is 35.2. The van der Waals surface area contributed by atoms with Gasteiger partial charge in [-0.15, -0.1) is 0 Å². The summed E-state index contributed by atoms with van der Waals surface area (Å²) in [7, 11) is 0. The molecule has 0 radical (unpaired) electrons. The first-order valence-corrected chi connectivity index (χ1v) is 18.5. The van der Waals surface area contributed by atoms with Gasteiger partial charge in [0.05, 0.1) is 0 Å². The van der Waals surface area contributed by atoms with E-state index < -0.39 is 0 Å². The fourth-order valence-electron chi connectivity index (χ4n) is 5.09. The van der Waals surface area contributed by atoms with Gasteiger partial charge >= 0.3 is 11.9 Å². The second-order valence-electron chi connectivity index (χ2n) is 12.2. The molecule has 0 heterocycles. The monoisotopic (exact) mass is 607 g/mol. The Hall–Kier alpha value is -1.62. The molecule has 0 rings (SSSR count). The van der Waals surface area contributed by atoms with Crippen LogP contribution >= 0.6 is 0 Å². The predicted molar refractivity (Wildman–Crippen MR) is 182 cm³/mol. The Morgan fingerprint density at radius 3 is 1.19 bits per heavy atom. The van der Waals surface area contributed by atoms with Crippen molar-refractivity contribution in [2.75, 3.05) is 13.2 Å². The number of ether oxygens (including phenoxy) is 1. The van der Waals surface area contributed by atoms with Gasteiger partial charge in [-0.1, -0.05) is 141 Å². The number of rotatable bonds is 34. The van der Waals surface area contributed by atoms with Gasteiger partial charge < -0.3 is 4.74 Å². The summed E-state index contributed by atoms with van der Waals surface area (Å²) >= 11 is 0. The molecular weight excluding hydrogens is 536 g/mol. The van der Waals surface area contributed by atoms with E-state index >= 15 is 0 Å². The smallest absolute Gasteiger partial charge is 0.342 e. The molecule has 0 N–H and O–H groups in total. The van der Waals surface area contributed by atoms with Gasteiger partial charge in [0, 0.05) is 12.8 Å². The summed E-state index contributed by atoms with van der Waals surface area (Å²) in [5.74, 6) is -0.557. The molecule has 0 aliphatic heterocycles. The van der Waals surface area contributed by atoms with Crippen LogP contribution in [-0.4, -0.2) is 25.2 Å². The van der Waals surface area contributed by atoms with Gasteiger partial charge in [-0.2, -0.15) is 4.89 Å². The molecule has 0 spiro atoms. The molecule has 0 aliphatic rings. The number of unbranched alkanes of at least 4 members (excludes halogenated alkanes) is 22. The Morgan fingerprint density at radius 2 is 0.767 bits per heavy atom. The normalized spacial score (nSPS) is 11.6. The van der Waals surface area contributed by atoms with Crippen LogP contribution in [0, 0.1) is 0 Å². The fourth-order valence-corrected chi connectivity index (χ4v) is 5.09. The lowest BCUT2D eigenvalue weighted by atomic mass is 10.1. The third kappa shape index (κ3) is 36.5. The number of carbonyl (C=O) groups is 2. The first-order chi connectivity index (χ1) is 21.2. The first-order valence-electron chi connectivity index (χ1n) is 18.5. The van der Waals surface area contributed by atoms with E-state index in [1.54, 1.807) is 0 Å². The van der Waals surface area contributed by atoms with Crippen molar-refractivity contribution in [1.29, 1.82) is 0 Å². The third-order valence-electron chi connectivity index (χ3n) is 7.87. The molecule has 43 heavy (non-hydrogen) atoms. The van der Waals surface area contributed by atoms with E-state index in [9.17, 15) is 9.59 Å². The summed E-state index contributed by atoms with van der Waals surface area (Å²) in [6, 6.07) is 0. The second-order valence-corrected chi connectivity index (χ2v) is 12.2. The maximum absolute atomic E-state index is 11.8. The van der Waals surface area contributed by atoms with Gasteiger partial charge in [0.2, 0.25) is 0 Å². The number of hydrogen-bond donors (Lipinski definition) is 0. The quantitative estimate of drug-likeness (QED) is 0.0240. The van der Waals surface area contributed by atoms with Crippen LogP contribution in [0.4, 0.5) is 0 Å². The SMILES string of the molecule is CCCCCCCC/C=C\CCCCCCCC(=O)OCCOOC(=O)CCCCCCC/C=C\CCCCCCCC. The van der Waals surface area contributed by atoms with E-state index in [1.165, 1.54) is 122 Å². The Bertz CT molecular complexity index is 588.